The van der Waals surface area contributed by atoms with Crippen molar-refractivity contribution in [3.8, 4) is 16.3 Å². The third kappa shape index (κ3) is 4.20. The molecule has 0 spiro atoms. The van der Waals surface area contributed by atoms with Gasteiger partial charge in [-0.05, 0) is 25.1 Å². The monoisotopic (exact) mass is 390 g/mol. The summed E-state index contributed by atoms with van der Waals surface area (Å²) in [6.07, 6.45) is 0. The van der Waals surface area contributed by atoms with E-state index in [1.807, 2.05) is 25.1 Å². The molecule has 2 aromatic carbocycles. The Morgan fingerprint density at radius 1 is 1.31 bits per heavy atom. The quantitative estimate of drug-likeness (QED) is 0.649. The van der Waals surface area contributed by atoms with Crippen molar-refractivity contribution in [2.75, 3.05) is 6.54 Å². The van der Waals surface area contributed by atoms with Gasteiger partial charge >= 0.3 is 0 Å². The van der Waals surface area contributed by atoms with Gasteiger partial charge in [-0.3, -0.25) is 4.79 Å². The average Bonchev–Trinajstić information content (AvgIpc) is 3.11. The van der Waals surface area contributed by atoms with Crippen LogP contribution in [0.25, 0.3) is 10.6 Å². The van der Waals surface area contributed by atoms with Crippen molar-refractivity contribution < 1.29 is 13.9 Å². The first kappa shape index (κ1) is 18.4. The minimum absolute atomic E-state index is 0.247. The second-order valence-electron chi connectivity index (χ2n) is 5.42. The van der Waals surface area contributed by atoms with Crippen LogP contribution in [0.1, 0.15) is 23.0 Å². The molecule has 0 aliphatic carbocycles. The molecular formula is C19H16ClFN2O2S. The largest absolute Gasteiger partial charge is 0.489 e. The van der Waals surface area contributed by atoms with Crippen LogP contribution in [0.2, 0.25) is 5.02 Å². The van der Waals surface area contributed by atoms with Crippen molar-refractivity contribution in [3.63, 3.8) is 0 Å². The predicted octanol–water partition coefficient (Wildman–Crippen LogP) is 4.93. The van der Waals surface area contributed by atoms with Gasteiger partial charge in [0.2, 0.25) is 0 Å². The van der Waals surface area contributed by atoms with Crippen molar-refractivity contribution >= 4 is 28.8 Å². The van der Waals surface area contributed by atoms with E-state index in [4.69, 9.17) is 16.3 Å². The molecule has 1 heterocycles. The number of halogens is 2. The van der Waals surface area contributed by atoms with E-state index in [0.29, 0.717) is 27.9 Å². The van der Waals surface area contributed by atoms with E-state index in [9.17, 15) is 9.18 Å². The van der Waals surface area contributed by atoms with Crippen LogP contribution in [-0.2, 0) is 6.61 Å². The minimum atomic E-state index is -0.460. The molecule has 1 aromatic heterocycles. The third-order valence-electron chi connectivity index (χ3n) is 3.60. The molecule has 134 valence electrons. The fourth-order valence-electron chi connectivity index (χ4n) is 2.29. The van der Waals surface area contributed by atoms with Gasteiger partial charge in [0.15, 0.2) is 0 Å². The molecule has 0 aliphatic heterocycles. The molecule has 1 amide bonds. The van der Waals surface area contributed by atoms with E-state index >= 15 is 0 Å². The molecule has 0 unspecified atom stereocenters. The lowest BCUT2D eigenvalue weighted by Gasteiger charge is -2.09. The van der Waals surface area contributed by atoms with E-state index in [2.05, 4.69) is 10.3 Å². The zero-order chi connectivity index (χ0) is 18.5. The van der Waals surface area contributed by atoms with Gasteiger partial charge in [0.1, 0.15) is 28.9 Å². The molecule has 0 bridgehead atoms. The second-order valence-corrected chi connectivity index (χ2v) is 6.68. The SMILES string of the molecule is CCNC(=O)c1csc(-c2ccc(OCc3ccccc3Cl)cc2F)n1. The van der Waals surface area contributed by atoms with Crippen molar-refractivity contribution in [1.29, 1.82) is 0 Å². The van der Waals surface area contributed by atoms with Crippen molar-refractivity contribution in [2.45, 2.75) is 13.5 Å². The summed E-state index contributed by atoms with van der Waals surface area (Å²) in [5, 5.41) is 5.33. The van der Waals surface area contributed by atoms with Gasteiger partial charge in [0.05, 0.1) is 0 Å². The summed E-state index contributed by atoms with van der Waals surface area (Å²) in [5.74, 6) is -0.333. The highest BCUT2D eigenvalue weighted by Gasteiger charge is 2.14. The second kappa shape index (κ2) is 8.29. The summed E-state index contributed by atoms with van der Waals surface area (Å²) in [4.78, 5) is 16.0. The first-order chi connectivity index (χ1) is 12.6. The number of benzene rings is 2. The zero-order valence-electron chi connectivity index (χ0n) is 14.0. The predicted molar refractivity (Wildman–Crippen MR) is 101 cm³/mol. The van der Waals surface area contributed by atoms with Crippen LogP contribution >= 0.6 is 22.9 Å². The number of aromatic nitrogens is 1. The van der Waals surface area contributed by atoms with E-state index in [1.54, 1.807) is 23.6 Å². The summed E-state index contributed by atoms with van der Waals surface area (Å²) in [6, 6.07) is 11.9. The lowest BCUT2D eigenvalue weighted by molar-refractivity contribution is 0.0951. The fraction of sp³-hybridized carbons (Fsp3) is 0.158. The lowest BCUT2D eigenvalue weighted by atomic mass is 10.2. The highest BCUT2D eigenvalue weighted by Crippen LogP contribution is 2.29. The standard InChI is InChI=1S/C19H16ClFN2O2S/c1-2-22-18(24)17-11-26-19(23-17)14-8-7-13(9-16(14)21)25-10-12-5-3-4-6-15(12)20/h3-9,11H,2,10H2,1H3,(H,22,24). The molecule has 0 atom stereocenters. The third-order valence-corrected chi connectivity index (χ3v) is 4.84. The van der Waals surface area contributed by atoms with Gasteiger partial charge < -0.3 is 10.1 Å². The number of nitrogens with one attached hydrogen (secondary N) is 1. The molecule has 0 saturated carbocycles. The number of thiazole rings is 1. The summed E-state index contributed by atoms with van der Waals surface area (Å²) in [7, 11) is 0. The molecule has 3 rings (SSSR count). The Morgan fingerprint density at radius 3 is 2.85 bits per heavy atom. The number of carbonyl (C=O) groups is 1. The smallest absolute Gasteiger partial charge is 0.270 e. The number of amides is 1. The Kier molecular flexibility index (Phi) is 5.85. The normalized spacial score (nSPS) is 10.6. The van der Waals surface area contributed by atoms with Gasteiger partial charge in [-0.2, -0.15) is 0 Å². The molecule has 0 fully saturated rings. The van der Waals surface area contributed by atoms with Crippen molar-refractivity contribution in [3.05, 3.63) is 69.9 Å². The van der Waals surface area contributed by atoms with E-state index in [-0.39, 0.29) is 18.2 Å². The van der Waals surface area contributed by atoms with E-state index in [1.165, 1.54) is 17.4 Å². The zero-order valence-corrected chi connectivity index (χ0v) is 15.5. The molecular weight excluding hydrogens is 375 g/mol. The molecule has 0 aliphatic rings. The molecule has 3 aromatic rings. The maximum absolute atomic E-state index is 14.5. The highest BCUT2D eigenvalue weighted by molar-refractivity contribution is 7.13. The van der Waals surface area contributed by atoms with Crippen LogP contribution in [0.4, 0.5) is 4.39 Å². The number of nitrogens with zero attached hydrogens (tertiary/aromatic N) is 1. The van der Waals surface area contributed by atoms with Gasteiger partial charge in [-0.1, -0.05) is 29.8 Å². The fourth-order valence-corrected chi connectivity index (χ4v) is 3.31. The summed E-state index contributed by atoms with van der Waals surface area (Å²) in [5.41, 5.74) is 1.44. The van der Waals surface area contributed by atoms with E-state index < -0.39 is 5.82 Å². The van der Waals surface area contributed by atoms with Crippen LogP contribution in [-0.4, -0.2) is 17.4 Å². The Balaban J connectivity index is 1.73. The van der Waals surface area contributed by atoms with E-state index in [0.717, 1.165) is 5.56 Å². The Morgan fingerprint density at radius 2 is 2.12 bits per heavy atom. The lowest BCUT2D eigenvalue weighted by Crippen LogP contribution is -2.22. The van der Waals surface area contributed by atoms with Gasteiger partial charge in [0.25, 0.3) is 5.91 Å². The summed E-state index contributed by atoms with van der Waals surface area (Å²) < 4.78 is 20.1. The number of hydrogen-bond acceptors (Lipinski definition) is 4. The van der Waals surface area contributed by atoms with Crippen molar-refractivity contribution in [1.82, 2.24) is 10.3 Å². The molecule has 4 nitrogen and oxygen atoms in total. The Labute approximate surface area is 159 Å². The first-order valence-corrected chi connectivity index (χ1v) is 9.24. The summed E-state index contributed by atoms with van der Waals surface area (Å²) in [6.45, 7) is 2.58. The number of ether oxygens (including phenoxy) is 1. The maximum Gasteiger partial charge on any atom is 0.270 e. The minimum Gasteiger partial charge on any atom is -0.489 e. The Hall–Kier alpha value is -2.44. The van der Waals surface area contributed by atoms with Crippen LogP contribution in [0, 0.1) is 5.82 Å². The molecule has 7 heteroatoms. The highest BCUT2D eigenvalue weighted by atomic mass is 35.5. The van der Waals surface area contributed by atoms with Gasteiger partial charge in [0, 0.05) is 34.1 Å². The van der Waals surface area contributed by atoms with Crippen molar-refractivity contribution in [2.24, 2.45) is 0 Å². The number of hydrogen-bond donors (Lipinski definition) is 1. The van der Waals surface area contributed by atoms with Crippen LogP contribution in [0.5, 0.6) is 5.75 Å². The maximum atomic E-state index is 14.5. The van der Waals surface area contributed by atoms with Gasteiger partial charge in [-0.15, -0.1) is 11.3 Å². The molecule has 0 saturated heterocycles. The molecule has 1 N–H and O–H groups in total. The Bertz CT molecular complexity index is 929. The molecule has 0 radical (unpaired) electrons. The molecule has 26 heavy (non-hydrogen) atoms. The van der Waals surface area contributed by atoms with Crippen LogP contribution in [0.15, 0.2) is 47.8 Å². The van der Waals surface area contributed by atoms with Crippen LogP contribution in [0.3, 0.4) is 0 Å². The number of rotatable bonds is 6. The topological polar surface area (TPSA) is 51.2 Å². The summed E-state index contributed by atoms with van der Waals surface area (Å²) >= 11 is 7.30. The number of carbonyl (C=O) groups excluding carboxylic acids is 1. The first-order valence-electron chi connectivity index (χ1n) is 7.98. The van der Waals surface area contributed by atoms with Gasteiger partial charge in [-0.25, -0.2) is 9.37 Å². The average molecular weight is 391 g/mol. The van der Waals surface area contributed by atoms with Crippen LogP contribution < -0.4 is 10.1 Å².